The van der Waals surface area contributed by atoms with Crippen LogP contribution in [0.5, 0.6) is 0 Å². The Labute approximate surface area is 95.1 Å². The van der Waals surface area contributed by atoms with Crippen molar-refractivity contribution in [2.45, 2.75) is 65.2 Å². The molecule has 1 heteroatoms. The minimum absolute atomic E-state index is 0.351. The van der Waals surface area contributed by atoms with Crippen LogP contribution in [0.1, 0.15) is 65.2 Å². The summed E-state index contributed by atoms with van der Waals surface area (Å²) in [7, 11) is 0. The van der Waals surface area contributed by atoms with Gasteiger partial charge in [0.05, 0.1) is 0 Å². The predicted molar refractivity (Wildman–Crippen MR) is 67.9 cm³/mol. The normalized spacial score (nSPS) is 17.7. The molecule has 88 valence electrons. The van der Waals surface area contributed by atoms with Gasteiger partial charge in [-0.05, 0) is 38.5 Å². The van der Waals surface area contributed by atoms with Gasteiger partial charge in [0.2, 0.25) is 0 Å². The molecule has 1 nitrogen and oxygen atoms in total. The smallest absolute Gasteiger partial charge is 0.00343 e. The first-order valence-corrected chi connectivity index (χ1v) is 6.68. The molecule has 0 aromatic carbocycles. The summed E-state index contributed by atoms with van der Waals surface area (Å²) < 4.78 is 0. The van der Waals surface area contributed by atoms with Crippen LogP contribution in [0.3, 0.4) is 0 Å². The predicted octanol–water partition coefficient (Wildman–Crippen LogP) is 4.03. The largest absolute Gasteiger partial charge is 0.330 e. The zero-order valence-electron chi connectivity index (χ0n) is 10.5. The van der Waals surface area contributed by atoms with E-state index in [4.69, 9.17) is 5.73 Å². The van der Waals surface area contributed by atoms with Crippen molar-refractivity contribution < 1.29 is 0 Å². The molecule has 15 heavy (non-hydrogen) atoms. The second-order valence-corrected chi connectivity index (χ2v) is 4.96. The molecule has 0 aliphatic heterocycles. The highest BCUT2D eigenvalue weighted by atomic mass is 14.6. The monoisotopic (exact) mass is 209 g/mol. The van der Waals surface area contributed by atoms with Crippen molar-refractivity contribution >= 4 is 0 Å². The van der Waals surface area contributed by atoms with Crippen LogP contribution in [0.15, 0.2) is 11.6 Å². The summed E-state index contributed by atoms with van der Waals surface area (Å²) in [6.45, 7) is 5.41. The van der Waals surface area contributed by atoms with E-state index in [1.54, 1.807) is 5.57 Å². The lowest BCUT2D eigenvalue weighted by Crippen LogP contribution is -2.33. The molecule has 0 unspecified atom stereocenters. The van der Waals surface area contributed by atoms with Crippen molar-refractivity contribution in [1.82, 2.24) is 0 Å². The third-order valence-electron chi connectivity index (χ3n) is 3.82. The first kappa shape index (κ1) is 12.8. The molecule has 1 rings (SSSR count). The summed E-state index contributed by atoms with van der Waals surface area (Å²) in [4.78, 5) is 0. The van der Waals surface area contributed by atoms with Gasteiger partial charge in [-0.1, -0.05) is 38.3 Å². The highest BCUT2D eigenvalue weighted by Crippen LogP contribution is 2.41. The molecule has 1 aliphatic rings. The average Bonchev–Trinajstić information content (AvgIpc) is 2.30. The number of hydrogen-bond donors (Lipinski definition) is 1. The molecule has 2 N–H and O–H groups in total. The standard InChI is InChI=1S/C14H27N/c1-3-10-14(12-15,11-4-2)13-8-6-5-7-9-13/h8H,3-7,9-12,15H2,1-2H3. The zero-order chi connectivity index (χ0) is 11.1. The molecule has 0 spiro atoms. The van der Waals surface area contributed by atoms with Crippen LogP contribution in [-0.2, 0) is 0 Å². The van der Waals surface area contributed by atoms with Crippen molar-refractivity contribution in [3.05, 3.63) is 11.6 Å². The third-order valence-corrected chi connectivity index (χ3v) is 3.82. The number of hydrogen-bond acceptors (Lipinski definition) is 1. The van der Waals surface area contributed by atoms with Crippen molar-refractivity contribution in [1.29, 1.82) is 0 Å². The molecule has 0 heterocycles. The molecular formula is C14H27N. The maximum atomic E-state index is 6.07. The second kappa shape index (κ2) is 6.32. The molecule has 0 atom stereocenters. The molecular weight excluding hydrogens is 182 g/mol. The number of allylic oxidation sites excluding steroid dienone is 1. The summed E-state index contributed by atoms with van der Waals surface area (Å²) in [5.41, 5.74) is 8.10. The van der Waals surface area contributed by atoms with Crippen LogP contribution in [0.2, 0.25) is 0 Å². The highest BCUT2D eigenvalue weighted by molar-refractivity contribution is 5.17. The number of rotatable bonds is 6. The summed E-state index contributed by atoms with van der Waals surface area (Å²) in [6, 6.07) is 0. The Bertz CT molecular complexity index is 199. The van der Waals surface area contributed by atoms with Gasteiger partial charge in [-0.2, -0.15) is 0 Å². The van der Waals surface area contributed by atoms with E-state index in [1.165, 1.54) is 51.4 Å². The Kier molecular flexibility index (Phi) is 5.38. The van der Waals surface area contributed by atoms with Crippen molar-refractivity contribution in [3.8, 4) is 0 Å². The van der Waals surface area contributed by atoms with Gasteiger partial charge in [0.1, 0.15) is 0 Å². The lowest BCUT2D eigenvalue weighted by molar-refractivity contribution is 0.288. The Morgan fingerprint density at radius 2 is 1.87 bits per heavy atom. The minimum Gasteiger partial charge on any atom is -0.330 e. The van der Waals surface area contributed by atoms with Crippen LogP contribution >= 0.6 is 0 Å². The van der Waals surface area contributed by atoms with Crippen molar-refractivity contribution in [2.24, 2.45) is 11.1 Å². The maximum absolute atomic E-state index is 6.07. The van der Waals surface area contributed by atoms with Gasteiger partial charge < -0.3 is 5.73 Å². The van der Waals surface area contributed by atoms with Gasteiger partial charge in [0, 0.05) is 12.0 Å². The highest BCUT2D eigenvalue weighted by Gasteiger charge is 2.31. The Morgan fingerprint density at radius 1 is 1.20 bits per heavy atom. The maximum Gasteiger partial charge on any atom is 0.00343 e. The SMILES string of the molecule is CCCC(CN)(CCC)C1=CCCCC1. The van der Waals surface area contributed by atoms with E-state index >= 15 is 0 Å². The zero-order valence-corrected chi connectivity index (χ0v) is 10.5. The molecule has 0 radical (unpaired) electrons. The Balaban J connectivity index is 2.80. The fraction of sp³-hybridized carbons (Fsp3) is 0.857. The molecule has 0 saturated heterocycles. The van der Waals surface area contributed by atoms with Gasteiger partial charge in [-0.25, -0.2) is 0 Å². The lowest BCUT2D eigenvalue weighted by atomic mass is 9.70. The van der Waals surface area contributed by atoms with E-state index < -0.39 is 0 Å². The summed E-state index contributed by atoms with van der Waals surface area (Å²) in [6.07, 6.45) is 12.9. The van der Waals surface area contributed by atoms with Gasteiger partial charge in [-0.3, -0.25) is 0 Å². The van der Waals surface area contributed by atoms with E-state index in [2.05, 4.69) is 19.9 Å². The topological polar surface area (TPSA) is 26.0 Å². The lowest BCUT2D eigenvalue weighted by Gasteiger charge is -2.37. The molecule has 0 fully saturated rings. The molecule has 0 saturated carbocycles. The molecule has 1 aliphatic carbocycles. The van der Waals surface area contributed by atoms with Crippen LogP contribution in [-0.4, -0.2) is 6.54 Å². The fourth-order valence-electron chi connectivity index (χ4n) is 3.06. The molecule has 0 aromatic rings. The van der Waals surface area contributed by atoms with Gasteiger partial charge in [0.25, 0.3) is 0 Å². The molecule has 0 aromatic heterocycles. The van der Waals surface area contributed by atoms with E-state index in [0.29, 0.717) is 5.41 Å². The van der Waals surface area contributed by atoms with E-state index in [0.717, 1.165) is 6.54 Å². The fourth-order valence-corrected chi connectivity index (χ4v) is 3.06. The first-order chi connectivity index (χ1) is 7.29. The molecule has 0 bridgehead atoms. The quantitative estimate of drug-likeness (QED) is 0.657. The van der Waals surface area contributed by atoms with Crippen LogP contribution in [0.4, 0.5) is 0 Å². The Hall–Kier alpha value is -0.300. The third kappa shape index (κ3) is 3.07. The molecule has 0 amide bonds. The van der Waals surface area contributed by atoms with Crippen LogP contribution in [0, 0.1) is 5.41 Å². The summed E-state index contributed by atoms with van der Waals surface area (Å²) in [5, 5.41) is 0. The van der Waals surface area contributed by atoms with Gasteiger partial charge >= 0.3 is 0 Å². The van der Waals surface area contributed by atoms with Gasteiger partial charge in [0.15, 0.2) is 0 Å². The Morgan fingerprint density at radius 3 is 2.27 bits per heavy atom. The van der Waals surface area contributed by atoms with E-state index in [1.807, 2.05) is 0 Å². The first-order valence-electron chi connectivity index (χ1n) is 6.68. The number of nitrogens with two attached hydrogens (primary N) is 1. The van der Waals surface area contributed by atoms with Crippen molar-refractivity contribution in [2.75, 3.05) is 6.54 Å². The van der Waals surface area contributed by atoms with Crippen molar-refractivity contribution in [3.63, 3.8) is 0 Å². The second-order valence-electron chi connectivity index (χ2n) is 4.96. The van der Waals surface area contributed by atoms with Crippen LogP contribution < -0.4 is 5.73 Å². The summed E-state index contributed by atoms with van der Waals surface area (Å²) >= 11 is 0. The summed E-state index contributed by atoms with van der Waals surface area (Å²) in [5.74, 6) is 0. The average molecular weight is 209 g/mol. The van der Waals surface area contributed by atoms with E-state index in [9.17, 15) is 0 Å². The minimum atomic E-state index is 0.351. The van der Waals surface area contributed by atoms with Crippen LogP contribution in [0.25, 0.3) is 0 Å². The van der Waals surface area contributed by atoms with E-state index in [-0.39, 0.29) is 0 Å². The van der Waals surface area contributed by atoms with Gasteiger partial charge in [-0.15, -0.1) is 0 Å².